The Morgan fingerprint density at radius 3 is 2.86 bits per heavy atom. The molecule has 0 bridgehead atoms. The van der Waals surface area contributed by atoms with Crippen molar-refractivity contribution in [3.05, 3.63) is 65.1 Å². The molecule has 0 unspecified atom stereocenters. The standard InChI is InChI=1S/C22H20N4O2S/c1-14-19(25-22(29-14)18-6-4-12-28-18)21(27)24-16-9-7-15(8-10-16)20-23-13-17-5-2-3-11-26(17)20/h4,6-10,12-13H,2-3,5,11H2,1H3,(H,24,27). The zero-order chi connectivity index (χ0) is 19.8. The van der Waals surface area contributed by atoms with E-state index in [1.54, 1.807) is 6.26 Å². The van der Waals surface area contributed by atoms with Crippen LogP contribution in [0.5, 0.6) is 0 Å². The molecule has 5 rings (SSSR count). The van der Waals surface area contributed by atoms with Crippen LogP contribution in [0.25, 0.3) is 22.2 Å². The van der Waals surface area contributed by atoms with Crippen molar-refractivity contribution in [2.24, 2.45) is 0 Å². The summed E-state index contributed by atoms with van der Waals surface area (Å²) < 4.78 is 7.68. The smallest absolute Gasteiger partial charge is 0.275 e. The molecule has 1 aliphatic rings. The van der Waals surface area contributed by atoms with E-state index in [0.29, 0.717) is 16.5 Å². The first-order valence-electron chi connectivity index (χ1n) is 9.66. The van der Waals surface area contributed by atoms with Crippen LogP contribution in [-0.2, 0) is 13.0 Å². The number of amides is 1. The van der Waals surface area contributed by atoms with Crippen LogP contribution in [0.3, 0.4) is 0 Å². The minimum absolute atomic E-state index is 0.220. The maximum absolute atomic E-state index is 12.7. The third-order valence-corrected chi connectivity index (χ3v) is 6.13. The Morgan fingerprint density at radius 1 is 1.21 bits per heavy atom. The van der Waals surface area contributed by atoms with Crippen LogP contribution >= 0.6 is 11.3 Å². The van der Waals surface area contributed by atoms with Crippen molar-refractivity contribution in [3.8, 4) is 22.2 Å². The molecule has 0 saturated heterocycles. The second-order valence-electron chi connectivity index (χ2n) is 7.11. The molecular formula is C22H20N4O2S. The zero-order valence-electron chi connectivity index (χ0n) is 16.0. The first-order valence-corrected chi connectivity index (χ1v) is 10.5. The fourth-order valence-corrected chi connectivity index (χ4v) is 4.55. The molecule has 0 atom stereocenters. The monoisotopic (exact) mass is 404 g/mol. The first-order chi connectivity index (χ1) is 14.2. The fraction of sp³-hybridized carbons (Fsp3) is 0.227. The molecule has 6 nitrogen and oxygen atoms in total. The van der Waals surface area contributed by atoms with Crippen LogP contribution in [-0.4, -0.2) is 20.4 Å². The number of aryl methyl sites for hydroxylation is 2. The van der Waals surface area contributed by atoms with Gasteiger partial charge in [0.05, 0.1) is 6.26 Å². The van der Waals surface area contributed by atoms with Crippen molar-refractivity contribution in [1.29, 1.82) is 0 Å². The van der Waals surface area contributed by atoms with E-state index in [-0.39, 0.29) is 5.91 Å². The molecule has 1 aliphatic heterocycles. The van der Waals surface area contributed by atoms with E-state index in [0.717, 1.165) is 34.9 Å². The maximum atomic E-state index is 12.7. The van der Waals surface area contributed by atoms with E-state index < -0.39 is 0 Å². The molecule has 1 aromatic carbocycles. The van der Waals surface area contributed by atoms with E-state index in [4.69, 9.17) is 4.42 Å². The molecule has 0 spiro atoms. The predicted octanol–water partition coefficient (Wildman–Crippen LogP) is 5.16. The molecule has 0 saturated carbocycles. The molecule has 1 amide bonds. The van der Waals surface area contributed by atoms with Gasteiger partial charge >= 0.3 is 0 Å². The Bertz CT molecular complexity index is 1160. The van der Waals surface area contributed by atoms with Crippen molar-refractivity contribution in [3.63, 3.8) is 0 Å². The van der Waals surface area contributed by atoms with Crippen LogP contribution < -0.4 is 5.32 Å². The lowest BCUT2D eigenvalue weighted by Crippen LogP contribution is -2.13. The van der Waals surface area contributed by atoms with Crippen LogP contribution in [0.2, 0.25) is 0 Å². The molecular weight excluding hydrogens is 384 g/mol. The summed E-state index contributed by atoms with van der Waals surface area (Å²) in [4.78, 5) is 22.6. The number of anilines is 1. The van der Waals surface area contributed by atoms with Gasteiger partial charge in [-0.15, -0.1) is 11.3 Å². The number of fused-ring (bicyclic) bond motifs is 1. The van der Waals surface area contributed by atoms with Gasteiger partial charge in [0.15, 0.2) is 10.8 Å². The van der Waals surface area contributed by atoms with Crippen molar-refractivity contribution in [1.82, 2.24) is 14.5 Å². The van der Waals surface area contributed by atoms with Crippen molar-refractivity contribution in [2.75, 3.05) is 5.32 Å². The summed E-state index contributed by atoms with van der Waals surface area (Å²) in [5, 5.41) is 3.65. The minimum Gasteiger partial charge on any atom is -0.462 e. The number of furan rings is 1. The Kier molecular flexibility index (Phi) is 4.52. The van der Waals surface area contributed by atoms with Crippen LogP contribution in [0.15, 0.2) is 53.3 Å². The quantitative estimate of drug-likeness (QED) is 0.510. The largest absolute Gasteiger partial charge is 0.462 e. The SMILES string of the molecule is Cc1sc(-c2ccco2)nc1C(=O)Nc1ccc(-c2ncc3n2CCCC3)cc1. The molecule has 7 heteroatoms. The molecule has 0 aliphatic carbocycles. The zero-order valence-corrected chi connectivity index (χ0v) is 16.8. The van der Waals surface area contributed by atoms with Gasteiger partial charge in [-0.1, -0.05) is 0 Å². The summed E-state index contributed by atoms with van der Waals surface area (Å²) in [7, 11) is 0. The van der Waals surface area contributed by atoms with Gasteiger partial charge < -0.3 is 14.3 Å². The number of benzene rings is 1. The van der Waals surface area contributed by atoms with E-state index in [1.165, 1.54) is 29.9 Å². The molecule has 4 aromatic rings. The van der Waals surface area contributed by atoms with E-state index in [9.17, 15) is 4.79 Å². The second kappa shape index (κ2) is 7.33. The topological polar surface area (TPSA) is 73.0 Å². The van der Waals surface area contributed by atoms with Gasteiger partial charge in [-0.3, -0.25) is 4.79 Å². The maximum Gasteiger partial charge on any atom is 0.275 e. The molecule has 146 valence electrons. The number of hydrogen-bond acceptors (Lipinski definition) is 5. The van der Waals surface area contributed by atoms with Gasteiger partial charge in [-0.25, -0.2) is 9.97 Å². The third kappa shape index (κ3) is 3.38. The van der Waals surface area contributed by atoms with Crippen LogP contribution in [0.4, 0.5) is 5.69 Å². The number of rotatable bonds is 4. The van der Waals surface area contributed by atoms with Gasteiger partial charge in [-0.2, -0.15) is 0 Å². The minimum atomic E-state index is -0.220. The first kappa shape index (κ1) is 17.9. The number of carbonyl (C=O) groups is 1. The number of carbonyl (C=O) groups excluding carboxylic acids is 1. The summed E-state index contributed by atoms with van der Waals surface area (Å²) in [6.07, 6.45) is 7.09. The number of hydrogen-bond donors (Lipinski definition) is 1. The summed E-state index contributed by atoms with van der Waals surface area (Å²) in [6, 6.07) is 11.5. The number of nitrogens with zero attached hydrogens (tertiary/aromatic N) is 3. The summed E-state index contributed by atoms with van der Waals surface area (Å²) in [6.45, 7) is 2.91. The molecule has 3 aromatic heterocycles. The van der Waals surface area contributed by atoms with Crippen LogP contribution in [0.1, 0.15) is 33.9 Å². The molecule has 29 heavy (non-hydrogen) atoms. The summed E-state index contributed by atoms with van der Waals surface area (Å²) in [5.74, 6) is 1.45. The lowest BCUT2D eigenvalue weighted by molar-refractivity contribution is 0.102. The lowest BCUT2D eigenvalue weighted by atomic mass is 10.1. The van der Waals surface area contributed by atoms with Crippen molar-refractivity contribution in [2.45, 2.75) is 32.7 Å². The number of nitrogens with one attached hydrogen (secondary N) is 1. The number of thiazole rings is 1. The fourth-order valence-electron chi connectivity index (χ4n) is 3.67. The van der Waals surface area contributed by atoms with Crippen molar-refractivity contribution >= 4 is 22.9 Å². The molecule has 0 radical (unpaired) electrons. The lowest BCUT2D eigenvalue weighted by Gasteiger charge is -2.16. The van der Waals surface area contributed by atoms with E-state index in [2.05, 4.69) is 19.9 Å². The highest BCUT2D eigenvalue weighted by Crippen LogP contribution is 2.29. The van der Waals surface area contributed by atoms with Gasteiger partial charge in [0.25, 0.3) is 5.91 Å². The average Bonchev–Trinajstić information content (AvgIpc) is 3.48. The summed E-state index contributed by atoms with van der Waals surface area (Å²) >= 11 is 1.45. The Morgan fingerprint density at radius 2 is 2.07 bits per heavy atom. The van der Waals surface area contributed by atoms with Gasteiger partial charge in [0.1, 0.15) is 11.5 Å². The third-order valence-electron chi connectivity index (χ3n) is 5.15. The predicted molar refractivity (Wildman–Crippen MR) is 113 cm³/mol. The van der Waals surface area contributed by atoms with Gasteiger partial charge in [0, 0.05) is 34.6 Å². The number of aromatic nitrogens is 3. The van der Waals surface area contributed by atoms with Crippen molar-refractivity contribution < 1.29 is 9.21 Å². The highest BCUT2D eigenvalue weighted by atomic mass is 32.1. The Balaban J connectivity index is 1.34. The highest BCUT2D eigenvalue weighted by molar-refractivity contribution is 7.15. The molecule has 0 fully saturated rings. The highest BCUT2D eigenvalue weighted by Gasteiger charge is 2.18. The van der Waals surface area contributed by atoms with Gasteiger partial charge in [-0.05, 0) is 62.6 Å². The second-order valence-corrected chi connectivity index (χ2v) is 8.32. The number of imidazole rings is 1. The van der Waals surface area contributed by atoms with E-state index in [1.807, 2.05) is 49.5 Å². The molecule has 1 N–H and O–H groups in total. The normalized spacial score (nSPS) is 13.3. The van der Waals surface area contributed by atoms with Gasteiger partial charge in [0.2, 0.25) is 0 Å². The average molecular weight is 404 g/mol. The summed E-state index contributed by atoms with van der Waals surface area (Å²) in [5.41, 5.74) is 3.51. The van der Waals surface area contributed by atoms with E-state index >= 15 is 0 Å². The Hall–Kier alpha value is -3.19. The Labute approximate surface area is 172 Å². The van der Waals surface area contributed by atoms with Crippen LogP contribution in [0, 0.1) is 6.92 Å². The molecule has 4 heterocycles.